The summed E-state index contributed by atoms with van der Waals surface area (Å²) in [7, 11) is 1.52. The molecular weight excluding hydrogens is 248 g/mol. The van der Waals surface area contributed by atoms with Crippen molar-refractivity contribution in [2.75, 3.05) is 20.3 Å². The lowest BCUT2D eigenvalue weighted by atomic mass is 10.1. The van der Waals surface area contributed by atoms with Gasteiger partial charge in [0.15, 0.2) is 0 Å². The maximum atomic E-state index is 11.5. The van der Waals surface area contributed by atoms with Crippen molar-refractivity contribution in [2.24, 2.45) is 0 Å². The highest BCUT2D eigenvalue weighted by molar-refractivity contribution is 5.82. The lowest BCUT2D eigenvalue weighted by Gasteiger charge is -2.15. The molecule has 0 saturated carbocycles. The van der Waals surface area contributed by atoms with Crippen molar-refractivity contribution < 1.29 is 19.4 Å². The van der Waals surface area contributed by atoms with Gasteiger partial charge in [0.25, 0.3) is 0 Å². The summed E-state index contributed by atoms with van der Waals surface area (Å²) in [5.41, 5.74) is 0.854. The first kappa shape index (κ1) is 15.0. The van der Waals surface area contributed by atoms with Gasteiger partial charge >= 0.3 is 12.0 Å². The number of benzene rings is 1. The molecule has 6 nitrogen and oxygen atoms in total. The Morgan fingerprint density at radius 2 is 2.00 bits per heavy atom. The molecule has 0 radical (unpaired) electrons. The standard InChI is InChI=1S/C13H18N2O4/c1-19-8-7-14-13(18)15-11(12(16)17)9-10-5-3-2-4-6-10/h2-6,11H,7-9H2,1H3,(H,16,17)(H2,14,15,18). The van der Waals surface area contributed by atoms with Gasteiger partial charge in [-0.1, -0.05) is 30.3 Å². The molecule has 1 atom stereocenters. The van der Waals surface area contributed by atoms with E-state index >= 15 is 0 Å². The topological polar surface area (TPSA) is 87.7 Å². The van der Waals surface area contributed by atoms with Crippen LogP contribution in [-0.2, 0) is 16.0 Å². The number of ether oxygens (including phenoxy) is 1. The highest BCUT2D eigenvalue weighted by Crippen LogP contribution is 2.03. The second kappa shape index (κ2) is 8.10. The Bertz CT molecular complexity index is 408. The summed E-state index contributed by atoms with van der Waals surface area (Å²) in [6.45, 7) is 0.712. The third-order valence-electron chi connectivity index (χ3n) is 2.48. The minimum Gasteiger partial charge on any atom is -0.480 e. The van der Waals surface area contributed by atoms with Crippen LogP contribution in [0.2, 0.25) is 0 Å². The van der Waals surface area contributed by atoms with Gasteiger partial charge in [-0.2, -0.15) is 0 Å². The zero-order valence-corrected chi connectivity index (χ0v) is 10.8. The zero-order valence-electron chi connectivity index (χ0n) is 10.8. The molecule has 104 valence electrons. The Hall–Kier alpha value is -2.08. The van der Waals surface area contributed by atoms with Crippen molar-refractivity contribution in [1.29, 1.82) is 0 Å². The van der Waals surface area contributed by atoms with Gasteiger partial charge in [0, 0.05) is 20.1 Å². The number of carbonyl (C=O) groups excluding carboxylic acids is 1. The van der Waals surface area contributed by atoms with Gasteiger partial charge in [0.05, 0.1) is 6.61 Å². The predicted molar refractivity (Wildman–Crippen MR) is 70.0 cm³/mol. The number of carboxylic acids is 1. The zero-order chi connectivity index (χ0) is 14.1. The molecule has 0 aliphatic carbocycles. The molecule has 0 aliphatic rings. The Morgan fingerprint density at radius 1 is 1.32 bits per heavy atom. The first-order chi connectivity index (χ1) is 9.13. The molecule has 2 amide bonds. The molecule has 0 aromatic heterocycles. The van der Waals surface area contributed by atoms with E-state index in [0.717, 1.165) is 5.56 Å². The van der Waals surface area contributed by atoms with Gasteiger partial charge in [-0.05, 0) is 5.56 Å². The van der Waals surface area contributed by atoms with Crippen molar-refractivity contribution in [2.45, 2.75) is 12.5 Å². The Labute approximate surface area is 111 Å². The summed E-state index contributed by atoms with van der Waals surface area (Å²) in [6, 6.07) is 7.68. The Morgan fingerprint density at radius 3 is 2.58 bits per heavy atom. The molecule has 19 heavy (non-hydrogen) atoms. The number of methoxy groups -OCH3 is 1. The van der Waals surface area contributed by atoms with Crippen LogP contribution in [0.15, 0.2) is 30.3 Å². The quantitative estimate of drug-likeness (QED) is 0.632. The van der Waals surface area contributed by atoms with Crippen LogP contribution in [0, 0.1) is 0 Å². The van der Waals surface area contributed by atoms with Crippen molar-refractivity contribution in [1.82, 2.24) is 10.6 Å². The molecule has 1 rings (SSSR count). The summed E-state index contributed by atoms with van der Waals surface area (Å²) in [4.78, 5) is 22.6. The van der Waals surface area contributed by atoms with Crippen molar-refractivity contribution in [3.63, 3.8) is 0 Å². The number of hydrogen-bond donors (Lipinski definition) is 3. The minimum absolute atomic E-state index is 0.244. The number of urea groups is 1. The first-order valence-corrected chi connectivity index (χ1v) is 5.93. The monoisotopic (exact) mass is 266 g/mol. The second-order valence-corrected chi connectivity index (χ2v) is 3.97. The van der Waals surface area contributed by atoms with E-state index in [0.29, 0.717) is 13.2 Å². The molecule has 1 aromatic rings. The number of carbonyl (C=O) groups is 2. The maximum absolute atomic E-state index is 11.5. The Kier molecular flexibility index (Phi) is 6.38. The van der Waals surface area contributed by atoms with Gasteiger partial charge in [0.2, 0.25) is 0 Å². The van der Waals surface area contributed by atoms with Crippen LogP contribution >= 0.6 is 0 Å². The van der Waals surface area contributed by atoms with Gasteiger partial charge in [-0.3, -0.25) is 0 Å². The van der Waals surface area contributed by atoms with E-state index in [4.69, 9.17) is 9.84 Å². The molecule has 0 bridgehead atoms. The van der Waals surface area contributed by atoms with Crippen LogP contribution in [0.1, 0.15) is 5.56 Å². The summed E-state index contributed by atoms with van der Waals surface area (Å²) in [5.74, 6) is -1.06. The van der Waals surface area contributed by atoms with E-state index in [9.17, 15) is 9.59 Å². The fourth-order valence-corrected chi connectivity index (χ4v) is 1.53. The summed E-state index contributed by atoms with van der Waals surface area (Å²) >= 11 is 0. The molecule has 1 aromatic carbocycles. The minimum atomic E-state index is -1.06. The molecule has 3 N–H and O–H groups in total. The van der Waals surface area contributed by atoms with Gasteiger partial charge in [-0.15, -0.1) is 0 Å². The van der Waals surface area contributed by atoms with Crippen LogP contribution in [0.5, 0.6) is 0 Å². The molecular formula is C13H18N2O4. The molecule has 6 heteroatoms. The molecule has 0 aliphatic heterocycles. The van der Waals surface area contributed by atoms with E-state index < -0.39 is 18.0 Å². The number of aliphatic carboxylic acids is 1. The van der Waals surface area contributed by atoms with Crippen molar-refractivity contribution in [3.05, 3.63) is 35.9 Å². The van der Waals surface area contributed by atoms with Gasteiger partial charge in [-0.25, -0.2) is 9.59 Å². The highest BCUT2D eigenvalue weighted by Gasteiger charge is 2.19. The van der Waals surface area contributed by atoms with Crippen LogP contribution in [0.4, 0.5) is 4.79 Å². The number of hydrogen-bond acceptors (Lipinski definition) is 3. The summed E-state index contributed by atoms with van der Waals surface area (Å²) in [5, 5.41) is 14.0. The molecule has 0 spiro atoms. The predicted octanol–water partition coefficient (Wildman–Crippen LogP) is 0.628. The van der Waals surface area contributed by atoms with E-state index in [1.54, 1.807) is 0 Å². The van der Waals surface area contributed by atoms with Crippen LogP contribution in [0.3, 0.4) is 0 Å². The van der Waals surface area contributed by atoms with Crippen LogP contribution in [-0.4, -0.2) is 43.4 Å². The normalized spacial score (nSPS) is 11.6. The highest BCUT2D eigenvalue weighted by atomic mass is 16.5. The lowest BCUT2D eigenvalue weighted by molar-refractivity contribution is -0.139. The summed E-state index contributed by atoms with van der Waals surface area (Å²) in [6.07, 6.45) is 0.244. The lowest BCUT2D eigenvalue weighted by Crippen LogP contribution is -2.47. The van der Waals surface area contributed by atoms with Crippen LogP contribution < -0.4 is 10.6 Å². The van der Waals surface area contributed by atoms with Gasteiger partial charge in [0.1, 0.15) is 6.04 Å². The second-order valence-electron chi connectivity index (χ2n) is 3.97. The summed E-state index contributed by atoms with van der Waals surface area (Å²) < 4.78 is 4.78. The van der Waals surface area contributed by atoms with E-state index in [2.05, 4.69) is 10.6 Å². The van der Waals surface area contributed by atoms with E-state index in [1.165, 1.54) is 7.11 Å². The van der Waals surface area contributed by atoms with Crippen LogP contribution in [0.25, 0.3) is 0 Å². The SMILES string of the molecule is COCCNC(=O)NC(Cc1ccccc1)C(=O)O. The van der Waals surface area contributed by atoms with E-state index in [1.807, 2.05) is 30.3 Å². The third-order valence-corrected chi connectivity index (χ3v) is 2.48. The number of carboxylic acid groups (broad SMARTS) is 1. The number of rotatable bonds is 7. The fourth-order valence-electron chi connectivity index (χ4n) is 1.53. The fraction of sp³-hybridized carbons (Fsp3) is 0.385. The number of amides is 2. The average Bonchev–Trinajstić information content (AvgIpc) is 2.39. The Balaban J connectivity index is 2.49. The van der Waals surface area contributed by atoms with Crippen molar-refractivity contribution in [3.8, 4) is 0 Å². The molecule has 0 fully saturated rings. The first-order valence-electron chi connectivity index (χ1n) is 5.93. The smallest absolute Gasteiger partial charge is 0.326 e. The number of nitrogens with one attached hydrogen (secondary N) is 2. The van der Waals surface area contributed by atoms with Crippen molar-refractivity contribution >= 4 is 12.0 Å². The van der Waals surface area contributed by atoms with E-state index in [-0.39, 0.29) is 6.42 Å². The molecule has 0 saturated heterocycles. The van der Waals surface area contributed by atoms with Gasteiger partial charge < -0.3 is 20.5 Å². The average molecular weight is 266 g/mol. The largest absolute Gasteiger partial charge is 0.480 e. The maximum Gasteiger partial charge on any atom is 0.326 e. The molecule has 0 heterocycles. The third kappa shape index (κ3) is 5.87. The molecule has 1 unspecified atom stereocenters.